The number of aromatic nitrogens is 4. The van der Waals surface area contributed by atoms with Crippen LogP contribution in [0, 0.1) is 0 Å². The second-order valence-electron chi connectivity index (χ2n) is 5.20. The zero-order valence-corrected chi connectivity index (χ0v) is 11.0. The van der Waals surface area contributed by atoms with E-state index in [1.807, 2.05) is 0 Å². The quantitative estimate of drug-likeness (QED) is 0.790. The Morgan fingerprint density at radius 3 is 3.10 bits per heavy atom. The van der Waals surface area contributed by atoms with Crippen LogP contribution in [0.25, 0.3) is 11.4 Å². The number of carboxylic acid groups (broad SMARTS) is 1. The maximum absolute atomic E-state index is 11.4. The van der Waals surface area contributed by atoms with Crippen molar-refractivity contribution in [2.75, 3.05) is 6.54 Å². The summed E-state index contributed by atoms with van der Waals surface area (Å²) < 4.78 is 1.70. The Labute approximate surface area is 115 Å². The molecule has 2 atom stereocenters. The molecule has 3 heterocycles. The highest BCUT2D eigenvalue weighted by Crippen LogP contribution is 2.33. The average Bonchev–Trinajstić information content (AvgIpc) is 2.85. The number of nitrogens with zero attached hydrogens (tertiary/aromatic N) is 5. The third-order valence-electron chi connectivity index (χ3n) is 3.87. The van der Waals surface area contributed by atoms with Crippen LogP contribution in [0.15, 0.2) is 18.7 Å². The van der Waals surface area contributed by atoms with Gasteiger partial charge in [0.05, 0.1) is 24.2 Å². The summed E-state index contributed by atoms with van der Waals surface area (Å²) in [6.45, 7) is 2.07. The molecule has 0 spiro atoms. The van der Waals surface area contributed by atoms with E-state index in [4.69, 9.17) is 0 Å². The van der Waals surface area contributed by atoms with Crippen LogP contribution in [-0.4, -0.2) is 53.6 Å². The molecule has 3 aliphatic heterocycles. The highest BCUT2D eigenvalue weighted by molar-refractivity contribution is 5.66. The zero-order chi connectivity index (χ0) is 14.3. The lowest BCUT2D eigenvalue weighted by atomic mass is 9.94. The fourth-order valence-electron chi connectivity index (χ4n) is 2.74. The van der Waals surface area contributed by atoms with Gasteiger partial charge in [0.15, 0.2) is 5.82 Å². The molecule has 8 heteroatoms. The van der Waals surface area contributed by atoms with E-state index in [1.165, 1.54) is 11.2 Å². The van der Waals surface area contributed by atoms with Gasteiger partial charge in [0.25, 0.3) is 0 Å². The van der Waals surface area contributed by atoms with Crippen molar-refractivity contribution < 1.29 is 15.0 Å². The molecule has 1 saturated heterocycles. The highest BCUT2D eigenvalue weighted by Gasteiger charge is 2.42. The fraction of sp³-hybridized carbons (Fsp3) is 0.500. The van der Waals surface area contributed by atoms with Crippen LogP contribution in [0.4, 0.5) is 4.79 Å². The molecule has 2 N–H and O–H groups in total. The average molecular weight is 277 g/mol. The minimum atomic E-state index is -1.01. The van der Waals surface area contributed by atoms with Gasteiger partial charge in [-0.25, -0.2) is 9.78 Å². The topological polar surface area (TPSA) is 104 Å². The Hall–Kier alpha value is -2.22. The number of piperidine rings is 1. The van der Waals surface area contributed by atoms with E-state index in [0.717, 1.165) is 5.56 Å². The lowest BCUT2D eigenvalue weighted by Gasteiger charge is -2.46. The second kappa shape index (κ2) is 4.41. The minimum Gasteiger partial charge on any atom is -0.465 e. The number of carbonyl (C=O) groups is 1. The van der Waals surface area contributed by atoms with Gasteiger partial charge in [-0.15, -0.1) is 5.10 Å². The Morgan fingerprint density at radius 2 is 2.35 bits per heavy atom. The maximum atomic E-state index is 11.4. The summed E-state index contributed by atoms with van der Waals surface area (Å²) >= 11 is 0. The predicted octanol–water partition coefficient (Wildman–Crippen LogP) is 0.585. The first kappa shape index (κ1) is 12.8. The molecule has 8 nitrogen and oxygen atoms in total. The van der Waals surface area contributed by atoms with Gasteiger partial charge in [-0.05, 0) is 13.3 Å². The molecule has 0 saturated carbocycles. The van der Waals surface area contributed by atoms with Gasteiger partial charge in [-0.2, -0.15) is 5.10 Å². The van der Waals surface area contributed by atoms with E-state index in [9.17, 15) is 15.0 Å². The summed E-state index contributed by atoms with van der Waals surface area (Å²) in [5.41, 5.74) is -0.138. The molecule has 0 aromatic rings. The third kappa shape index (κ3) is 1.88. The molecule has 0 aromatic carbocycles. The minimum absolute atomic E-state index is 0.287. The molecule has 0 radical (unpaired) electrons. The summed E-state index contributed by atoms with van der Waals surface area (Å²) in [5, 5.41) is 26.9. The molecule has 1 amide bonds. The fourth-order valence-corrected chi connectivity index (χ4v) is 2.74. The summed E-state index contributed by atoms with van der Waals surface area (Å²) in [4.78, 5) is 16.9. The molecule has 0 aliphatic carbocycles. The molecular formula is C12H15N5O3. The monoisotopic (exact) mass is 277 g/mol. The van der Waals surface area contributed by atoms with E-state index in [2.05, 4.69) is 15.2 Å². The van der Waals surface area contributed by atoms with Crippen molar-refractivity contribution in [3.8, 4) is 11.4 Å². The summed E-state index contributed by atoms with van der Waals surface area (Å²) in [6.07, 6.45) is 4.09. The smallest absolute Gasteiger partial charge is 0.409 e. The Bertz CT molecular complexity index is 615. The van der Waals surface area contributed by atoms with Gasteiger partial charge in [0.1, 0.15) is 5.66 Å². The van der Waals surface area contributed by atoms with E-state index in [-0.39, 0.29) is 6.54 Å². The molecule has 2 unspecified atom stereocenters. The van der Waals surface area contributed by atoms with Crippen LogP contribution in [0.5, 0.6) is 0 Å². The molecular weight excluding hydrogens is 262 g/mol. The Balaban J connectivity index is 2.07. The van der Waals surface area contributed by atoms with Gasteiger partial charge < -0.3 is 14.8 Å². The molecule has 3 aliphatic rings. The van der Waals surface area contributed by atoms with Gasteiger partial charge in [-0.3, -0.25) is 4.90 Å². The number of rotatable bonds is 1. The number of amides is 1. The molecule has 0 bridgehead atoms. The van der Waals surface area contributed by atoms with E-state index in [1.54, 1.807) is 23.9 Å². The second-order valence-corrected chi connectivity index (χ2v) is 5.20. The number of fused-ring (bicyclic) bond motifs is 1. The molecule has 0 aromatic heterocycles. The highest BCUT2D eigenvalue weighted by atomic mass is 16.4. The van der Waals surface area contributed by atoms with Crippen molar-refractivity contribution in [3.63, 3.8) is 0 Å². The molecule has 106 valence electrons. The van der Waals surface area contributed by atoms with Gasteiger partial charge >= 0.3 is 6.09 Å². The number of hydrogen-bond acceptors (Lipinski definition) is 5. The number of aliphatic hydroxyl groups is 1. The summed E-state index contributed by atoms with van der Waals surface area (Å²) in [5.74, 6) is 0.517. The van der Waals surface area contributed by atoms with Crippen LogP contribution >= 0.6 is 0 Å². The third-order valence-corrected chi connectivity index (χ3v) is 3.87. The summed E-state index contributed by atoms with van der Waals surface area (Å²) in [6, 6.07) is 0. The van der Waals surface area contributed by atoms with Crippen molar-refractivity contribution in [2.45, 2.75) is 31.5 Å². The van der Waals surface area contributed by atoms with Crippen LogP contribution < -0.4 is 0 Å². The Kier molecular flexibility index (Phi) is 2.82. The van der Waals surface area contributed by atoms with Gasteiger partial charge in [0, 0.05) is 19.2 Å². The zero-order valence-electron chi connectivity index (χ0n) is 11.0. The van der Waals surface area contributed by atoms with Crippen LogP contribution in [0.3, 0.4) is 0 Å². The first-order valence-corrected chi connectivity index (χ1v) is 6.35. The normalized spacial score (nSPS) is 26.9. The van der Waals surface area contributed by atoms with E-state index in [0.29, 0.717) is 18.7 Å². The van der Waals surface area contributed by atoms with Crippen molar-refractivity contribution in [1.29, 1.82) is 0 Å². The number of likely N-dealkylation sites (tertiary alicyclic amines) is 1. The lowest BCUT2D eigenvalue weighted by Crippen LogP contribution is -2.56. The molecule has 1 fully saturated rings. The van der Waals surface area contributed by atoms with Crippen molar-refractivity contribution in [1.82, 2.24) is 24.6 Å². The largest absolute Gasteiger partial charge is 0.465 e. The summed E-state index contributed by atoms with van der Waals surface area (Å²) in [7, 11) is 0. The van der Waals surface area contributed by atoms with Gasteiger partial charge in [-0.1, -0.05) is 0 Å². The van der Waals surface area contributed by atoms with Gasteiger partial charge in [0.2, 0.25) is 0 Å². The van der Waals surface area contributed by atoms with Crippen LogP contribution in [-0.2, 0) is 5.66 Å². The number of aliphatic hydroxyl groups excluding tert-OH is 1. The first-order chi connectivity index (χ1) is 9.50. The standard InChI is InChI=1S/C12H15N5O3/c1-12(4-9(18)2-3-17(12)11(19)20)16-6-8-5-14-15-10(8)13-7-16/h5-7,9,18H,2-4H2,1H3,(H,19,20). The molecule has 3 rings (SSSR count). The molecule has 20 heavy (non-hydrogen) atoms. The van der Waals surface area contributed by atoms with Crippen molar-refractivity contribution in [2.24, 2.45) is 0 Å². The van der Waals surface area contributed by atoms with Crippen molar-refractivity contribution >= 4 is 6.09 Å². The maximum Gasteiger partial charge on any atom is 0.409 e. The van der Waals surface area contributed by atoms with E-state index >= 15 is 0 Å². The number of hydrogen-bond donors (Lipinski definition) is 2. The van der Waals surface area contributed by atoms with Crippen LogP contribution in [0.1, 0.15) is 19.8 Å². The predicted molar refractivity (Wildman–Crippen MR) is 68.1 cm³/mol. The van der Waals surface area contributed by atoms with Crippen LogP contribution in [0.2, 0.25) is 0 Å². The Morgan fingerprint density at radius 1 is 1.55 bits per heavy atom. The first-order valence-electron chi connectivity index (χ1n) is 6.35. The van der Waals surface area contributed by atoms with E-state index < -0.39 is 17.9 Å². The van der Waals surface area contributed by atoms with Crippen molar-refractivity contribution in [3.05, 3.63) is 18.7 Å². The lowest BCUT2D eigenvalue weighted by molar-refractivity contribution is -0.0443. The SMILES string of the molecule is CC1(n2cnc3nncc-3c2)CC(O)CCN1C(=O)O.